The number of hydrogen-bond donors (Lipinski definition) is 2. The second-order valence-corrected chi connectivity index (χ2v) is 14.8. The van der Waals surface area contributed by atoms with Gasteiger partial charge in [-0.15, -0.1) is 0 Å². The lowest BCUT2D eigenvalue weighted by atomic mass is 9.63. The number of aromatic carboxylic acids is 1. The Balaban J connectivity index is 1.60. The quantitative estimate of drug-likeness (QED) is 0.308. The number of ketones is 2. The highest BCUT2D eigenvalue weighted by Gasteiger charge is 2.49. The number of carbonyl (C=O) groups is 4. The SMILES string of the molecule is CC1(C)CC(=O)C2=C(C1)N(CC(=O)O)C1=C(C(=O)CC(C)(C)C1)C2c1cc(Br)c(OCc2ccc(C(=O)O)cc2)c(Br)c1. The van der Waals surface area contributed by atoms with Gasteiger partial charge in [-0.2, -0.15) is 0 Å². The molecule has 0 atom stereocenters. The third-order valence-corrected chi connectivity index (χ3v) is 9.43. The van der Waals surface area contributed by atoms with Gasteiger partial charge >= 0.3 is 11.9 Å². The maximum atomic E-state index is 13.9. The van der Waals surface area contributed by atoms with Crippen molar-refractivity contribution in [1.82, 2.24) is 4.90 Å². The first-order chi connectivity index (χ1) is 20.1. The Morgan fingerprint density at radius 3 is 1.79 bits per heavy atom. The minimum atomic E-state index is -1.02. The van der Waals surface area contributed by atoms with Crippen LogP contribution in [0.25, 0.3) is 0 Å². The third kappa shape index (κ3) is 6.22. The van der Waals surface area contributed by atoms with Crippen molar-refractivity contribution in [2.45, 2.75) is 65.9 Å². The lowest BCUT2D eigenvalue weighted by Gasteiger charge is -2.48. The number of ether oxygens (including phenoxy) is 1. The number of hydrogen-bond acceptors (Lipinski definition) is 6. The number of carboxylic acid groups (broad SMARTS) is 2. The number of benzene rings is 2. The predicted molar refractivity (Wildman–Crippen MR) is 167 cm³/mol. The van der Waals surface area contributed by atoms with Gasteiger partial charge in [0.25, 0.3) is 0 Å². The average Bonchev–Trinajstić information content (AvgIpc) is 2.87. The number of Topliss-reactive ketones (excluding diaryl/α,β-unsaturated/α-hetero) is 2. The largest absolute Gasteiger partial charge is 0.487 e. The molecule has 0 unspecified atom stereocenters. The fraction of sp³-hybridized carbons (Fsp3) is 0.394. The van der Waals surface area contributed by atoms with Crippen molar-refractivity contribution in [3.63, 3.8) is 0 Å². The van der Waals surface area contributed by atoms with Crippen molar-refractivity contribution in [1.29, 1.82) is 0 Å². The molecule has 43 heavy (non-hydrogen) atoms. The first-order valence-electron chi connectivity index (χ1n) is 14.0. The van der Waals surface area contributed by atoms with Crippen molar-refractivity contribution in [2.75, 3.05) is 6.54 Å². The molecule has 2 aromatic carbocycles. The molecule has 1 aliphatic heterocycles. The first-order valence-corrected chi connectivity index (χ1v) is 15.6. The van der Waals surface area contributed by atoms with E-state index in [0.29, 0.717) is 62.9 Å². The van der Waals surface area contributed by atoms with Crippen LogP contribution in [-0.2, 0) is 21.0 Å². The predicted octanol–water partition coefficient (Wildman–Crippen LogP) is 7.26. The molecule has 8 nitrogen and oxygen atoms in total. The number of nitrogens with zero attached hydrogens (tertiary/aromatic N) is 1. The lowest BCUT2D eigenvalue weighted by Crippen LogP contribution is -2.45. The van der Waals surface area contributed by atoms with Crippen LogP contribution in [0.1, 0.15) is 80.8 Å². The van der Waals surface area contributed by atoms with Crippen molar-refractivity contribution >= 4 is 55.4 Å². The molecule has 3 aliphatic rings. The molecule has 0 saturated carbocycles. The molecule has 0 bridgehead atoms. The molecule has 1 heterocycles. The van der Waals surface area contributed by atoms with E-state index in [2.05, 4.69) is 31.9 Å². The maximum Gasteiger partial charge on any atom is 0.335 e. The molecule has 5 rings (SSSR count). The summed E-state index contributed by atoms with van der Waals surface area (Å²) in [7, 11) is 0. The van der Waals surface area contributed by atoms with Crippen LogP contribution in [0, 0.1) is 10.8 Å². The average molecular weight is 715 g/mol. The Morgan fingerprint density at radius 2 is 1.35 bits per heavy atom. The fourth-order valence-electron chi connectivity index (χ4n) is 6.49. The van der Waals surface area contributed by atoms with Crippen molar-refractivity contribution in [2.24, 2.45) is 10.8 Å². The van der Waals surface area contributed by atoms with Crippen LogP contribution >= 0.6 is 31.9 Å². The molecule has 2 N–H and O–H groups in total. The molecule has 0 fully saturated rings. The van der Waals surface area contributed by atoms with Crippen molar-refractivity contribution < 1.29 is 34.1 Å². The Morgan fingerprint density at radius 1 is 0.860 bits per heavy atom. The van der Waals surface area contributed by atoms with E-state index < -0.39 is 17.9 Å². The highest BCUT2D eigenvalue weighted by molar-refractivity contribution is 9.11. The van der Waals surface area contributed by atoms with Gasteiger partial charge in [0.05, 0.1) is 14.5 Å². The minimum absolute atomic E-state index is 0.0757. The molecular weight excluding hydrogens is 682 g/mol. The number of carbonyl (C=O) groups excluding carboxylic acids is 2. The van der Waals surface area contributed by atoms with E-state index in [1.165, 1.54) is 12.1 Å². The van der Waals surface area contributed by atoms with Gasteiger partial charge in [-0.3, -0.25) is 14.4 Å². The van der Waals surface area contributed by atoms with Gasteiger partial charge in [-0.25, -0.2) is 4.79 Å². The van der Waals surface area contributed by atoms with E-state index in [1.807, 2.05) is 39.8 Å². The molecule has 0 amide bonds. The second kappa shape index (κ2) is 11.4. The smallest absolute Gasteiger partial charge is 0.335 e. The molecule has 10 heteroatoms. The van der Waals surface area contributed by atoms with Crippen LogP contribution in [0.15, 0.2) is 67.9 Å². The lowest BCUT2D eigenvalue weighted by molar-refractivity contribution is -0.138. The molecule has 0 spiro atoms. The van der Waals surface area contributed by atoms with E-state index in [1.54, 1.807) is 17.0 Å². The van der Waals surface area contributed by atoms with E-state index in [4.69, 9.17) is 9.84 Å². The molecule has 0 radical (unpaired) electrons. The fourth-order valence-corrected chi connectivity index (χ4v) is 7.94. The van der Waals surface area contributed by atoms with Gasteiger partial charge in [-0.1, -0.05) is 39.8 Å². The summed E-state index contributed by atoms with van der Waals surface area (Å²) in [6.45, 7) is 7.92. The van der Waals surface area contributed by atoms with Crippen LogP contribution in [-0.4, -0.2) is 45.2 Å². The molecular formula is C33H33Br2NO7. The summed E-state index contributed by atoms with van der Waals surface area (Å²) in [5.41, 5.74) is 3.37. The maximum absolute atomic E-state index is 13.9. The minimum Gasteiger partial charge on any atom is -0.487 e. The highest BCUT2D eigenvalue weighted by Crippen LogP contribution is 2.55. The number of allylic oxidation sites excluding steroid dienone is 4. The van der Waals surface area contributed by atoms with Gasteiger partial charge in [-0.05, 0) is 90.9 Å². The highest BCUT2D eigenvalue weighted by atomic mass is 79.9. The summed E-state index contributed by atoms with van der Waals surface area (Å²) >= 11 is 7.27. The number of halogens is 2. The van der Waals surface area contributed by atoms with Gasteiger partial charge in [0, 0.05) is 41.3 Å². The topological polar surface area (TPSA) is 121 Å². The summed E-state index contributed by atoms with van der Waals surface area (Å²) < 4.78 is 7.32. The number of carboxylic acids is 2. The summed E-state index contributed by atoms with van der Waals surface area (Å²) in [6, 6.07) is 10.2. The third-order valence-electron chi connectivity index (χ3n) is 8.25. The van der Waals surface area contributed by atoms with E-state index in [9.17, 15) is 24.3 Å². The van der Waals surface area contributed by atoms with E-state index >= 15 is 0 Å². The Hall–Kier alpha value is -3.24. The molecule has 226 valence electrons. The van der Waals surface area contributed by atoms with Gasteiger partial charge in [0.2, 0.25) is 0 Å². The number of rotatable bonds is 7. The summed E-state index contributed by atoms with van der Waals surface area (Å²) in [5.74, 6) is -2.29. The molecule has 2 aromatic rings. The van der Waals surface area contributed by atoms with Crippen LogP contribution in [0.5, 0.6) is 5.75 Å². The standard InChI is InChI=1S/C33H33Br2NO7/c1-32(2)11-22-28(24(37)13-32)27(29-23(36(22)15-26(39)40)12-33(3,4)14-25(29)38)19-9-20(34)30(21(35)10-19)43-16-17-5-7-18(8-6-17)31(41)42/h5-10,27H,11-16H2,1-4H3,(H,39,40)(H,41,42). The molecule has 0 aromatic heterocycles. The van der Waals surface area contributed by atoms with Gasteiger partial charge in [0.15, 0.2) is 11.6 Å². The summed E-state index contributed by atoms with van der Waals surface area (Å²) in [6.07, 6.45) is 1.65. The number of aliphatic carboxylic acids is 1. The normalized spacial score (nSPS) is 19.7. The monoisotopic (exact) mass is 713 g/mol. The van der Waals surface area contributed by atoms with Crippen LogP contribution in [0.4, 0.5) is 0 Å². The summed E-state index contributed by atoms with van der Waals surface area (Å²) in [4.78, 5) is 52.7. The second-order valence-electron chi connectivity index (χ2n) is 13.1. The zero-order chi connectivity index (χ0) is 31.4. The van der Waals surface area contributed by atoms with Crippen LogP contribution in [0.2, 0.25) is 0 Å². The zero-order valence-electron chi connectivity index (χ0n) is 24.4. The van der Waals surface area contributed by atoms with Gasteiger partial charge < -0.3 is 19.8 Å². The summed E-state index contributed by atoms with van der Waals surface area (Å²) in [5, 5.41) is 19.0. The van der Waals surface area contributed by atoms with Crippen LogP contribution < -0.4 is 4.74 Å². The van der Waals surface area contributed by atoms with E-state index in [-0.39, 0.29) is 41.1 Å². The molecule has 0 saturated heterocycles. The van der Waals surface area contributed by atoms with E-state index in [0.717, 1.165) is 11.1 Å². The van der Waals surface area contributed by atoms with Crippen molar-refractivity contribution in [3.8, 4) is 5.75 Å². The van der Waals surface area contributed by atoms with Crippen molar-refractivity contribution in [3.05, 3.63) is 84.6 Å². The Bertz CT molecular complexity index is 1540. The Labute approximate surface area is 267 Å². The zero-order valence-corrected chi connectivity index (χ0v) is 27.6. The van der Waals surface area contributed by atoms with Crippen LogP contribution in [0.3, 0.4) is 0 Å². The Kier molecular flexibility index (Phi) is 8.24. The first kappa shape index (κ1) is 31.2. The molecule has 2 aliphatic carbocycles. The van der Waals surface area contributed by atoms with Gasteiger partial charge in [0.1, 0.15) is 18.9 Å².